The van der Waals surface area contributed by atoms with Crippen molar-refractivity contribution in [3.8, 4) is 11.5 Å². The highest BCUT2D eigenvalue weighted by Crippen LogP contribution is 2.16. The van der Waals surface area contributed by atoms with Gasteiger partial charge in [-0.15, -0.1) is 24.0 Å². The van der Waals surface area contributed by atoms with E-state index in [4.69, 9.17) is 9.47 Å². The van der Waals surface area contributed by atoms with Gasteiger partial charge in [-0.3, -0.25) is 9.67 Å². The first-order valence-electron chi connectivity index (χ1n) is 7.91. The van der Waals surface area contributed by atoms with Crippen LogP contribution in [-0.2, 0) is 13.6 Å². The van der Waals surface area contributed by atoms with Crippen molar-refractivity contribution >= 4 is 29.9 Å². The monoisotopic (exact) mass is 459 g/mol. The fourth-order valence-electron chi connectivity index (χ4n) is 2.11. The molecule has 8 heteroatoms. The van der Waals surface area contributed by atoms with Gasteiger partial charge in [0, 0.05) is 26.8 Å². The molecule has 0 saturated heterocycles. The van der Waals surface area contributed by atoms with Crippen LogP contribution < -0.4 is 20.1 Å². The summed E-state index contributed by atoms with van der Waals surface area (Å²) in [5.41, 5.74) is 1.10. The van der Waals surface area contributed by atoms with Gasteiger partial charge >= 0.3 is 0 Å². The van der Waals surface area contributed by atoms with Crippen LogP contribution in [0.4, 0.5) is 0 Å². The van der Waals surface area contributed by atoms with Crippen LogP contribution in [0.15, 0.2) is 41.5 Å². The maximum absolute atomic E-state index is 5.69. The number of guanidine groups is 1. The van der Waals surface area contributed by atoms with E-state index in [0.717, 1.165) is 36.1 Å². The average molecular weight is 459 g/mol. The maximum atomic E-state index is 5.69. The smallest absolute Gasteiger partial charge is 0.191 e. The molecule has 1 aromatic heterocycles. The largest absolute Gasteiger partial charge is 0.497 e. The lowest BCUT2D eigenvalue weighted by Crippen LogP contribution is -2.38. The molecule has 0 aliphatic heterocycles. The normalized spacial score (nSPS) is 10.8. The maximum Gasteiger partial charge on any atom is 0.191 e. The summed E-state index contributed by atoms with van der Waals surface area (Å²) in [7, 11) is 5.33. The Labute approximate surface area is 165 Å². The Bertz CT molecular complexity index is 643. The zero-order valence-corrected chi connectivity index (χ0v) is 17.2. The highest BCUT2D eigenvalue weighted by atomic mass is 127. The second-order valence-electron chi connectivity index (χ2n) is 5.18. The van der Waals surface area contributed by atoms with Gasteiger partial charge < -0.3 is 20.1 Å². The van der Waals surface area contributed by atoms with Gasteiger partial charge in [0.2, 0.25) is 0 Å². The fourth-order valence-corrected chi connectivity index (χ4v) is 2.11. The van der Waals surface area contributed by atoms with E-state index in [1.807, 2.05) is 42.1 Å². The van der Waals surface area contributed by atoms with E-state index in [2.05, 4.69) is 20.7 Å². The van der Waals surface area contributed by atoms with Gasteiger partial charge in [0.05, 0.1) is 26.0 Å². The molecule has 2 N–H and O–H groups in total. The molecule has 7 nitrogen and oxygen atoms in total. The number of hydrogen-bond acceptors (Lipinski definition) is 4. The number of aromatic nitrogens is 2. The Hall–Kier alpha value is -1.97. The van der Waals surface area contributed by atoms with E-state index in [1.165, 1.54) is 0 Å². The lowest BCUT2D eigenvalue weighted by atomic mass is 10.3. The van der Waals surface area contributed by atoms with E-state index >= 15 is 0 Å². The van der Waals surface area contributed by atoms with Gasteiger partial charge in [-0.05, 0) is 36.8 Å². The minimum Gasteiger partial charge on any atom is -0.497 e. The first-order valence-corrected chi connectivity index (χ1v) is 7.91. The van der Waals surface area contributed by atoms with Crippen molar-refractivity contribution in [2.75, 3.05) is 27.3 Å². The minimum absolute atomic E-state index is 0. The lowest BCUT2D eigenvalue weighted by Gasteiger charge is -2.12. The lowest BCUT2D eigenvalue weighted by molar-refractivity contribution is 0.310. The number of halogens is 1. The summed E-state index contributed by atoms with van der Waals surface area (Å²) in [5, 5.41) is 10.7. The molecule has 0 aliphatic rings. The molecule has 0 radical (unpaired) electrons. The van der Waals surface area contributed by atoms with Crippen molar-refractivity contribution < 1.29 is 9.47 Å². The number of benzene rings is 1. The predicted molar refractivity (Wildman–Crippen MR) is 110 cm³/mol. The fraction of sp³-hybridized carbons (Fsp3) is 0.412. The van der Waals surface area contributed by atoms with E-state index in [0.29, 0.717) is 13.2 Å². The van der Waals surface area contributed by atoms with Crippen LogP contribution in [0.2, 0.25) is 0 Å². The first kappa shape index (κ1) is 21.1. The molecule has 1 heterocycles. The van der Waals surface area contributed by atoms with Crippen LogP contribution in [0, 0.1) is 0 Å². The Kier molecular flexibility index (Phi) is 9.75. The quantitative estimate of drug-likeness (QED) is 0.274. The summed E-state index contributed by atoms with van der Waals surface area (Å²) in [5.74, 6) is 2.43. The van der Waals surface area contributed by atoms with Crippen LogP contribution in [0.25, 0.3) is 0 Å². The zero-order chi connectivity index (χ0) is 17.2. The Balaban J connectivity index is 0.00000312. The molecule has 0 unspecified atom stereocenters. The third-order valence-corrected chi connectivity index (χ3v) is 3.52. The summed E-state index contributed by atoms with van der Waals surface area (Å²) in [6, 6.07) is 9.56. The summed E-state index contributed by atoms with van der Waals surface area (Å²) >= 11 is 0. The van der Waals surface area contributed by atoms with Crippen molar-refractivity contribution in [1.29, 1.82) is 0 Å². The van der Waals surface area contributed by atoms with Gasteiger partial charge in [0.25, 0.3) is 0 Å². The summed E-state index contributed by atoms with van der Waals surface area (Å²) in [6.07, 6.45) is 2.65. The van der Waals surface area contributed by atoms with Crippen LogP contribution >= 0.6 is 24.0 Å². The molecule has 0 amide bonds. The number of nitrogens with zero attached hydrogens (tertiary/aromatic N) is 3. The number of methoxy groups -OCH3 is 1. The van der Waals surface area contributed by atoms with Gasteiger partial charge in [0.15, 0.2) is 5.96 Å². The highest BCUT2D eigenvalue weighted by Gasteiger charge is 2.01. The molecule has 2 aromatic rings. The van der Waals surface area contributed by atoms with Gasteiger partial charge in [0.1, 0.15) is 11.5 Å². The third kappa shape index (κ3) is 7.20. The number of rotatable bonds is 8. The number of hydrogen-bond donors (Lipinski definition) is 2. The Morgan fingerprint density at radius 1 is 1.16 bits per heavy atom. The molecule has 138 valence electrons. The second kappa shape index (κ2) is 11.6. The van der Waals surface area contributed by atoms with Crippen molar-refractivity contribution in [3.05, 3.63) is 42.2 Å². The number of ether oxygens (including phenoxy) is 2. The number of nitrogens with one attached hydrogen (secondary N) is 2. The second-order valence-corrected chi connectivity index (χ2v) is 5.18. The van der Waals surface area contributed by atoms with Gasteiger partial charge in [-0.2, -0.15) is 5.10 Å². The Morgan fingerprint density at radius 3 is 2.48 bits per heavy atom. The molecular formula is C17H26IN5O2. The van der Waals surface area contributed by atoms with Gasteiger partial charge in [-0.25, -0.2) is 0 Å². The van der Waals surface area contributed by atoms with Crippen molar-refractivity contribution in [2.24, 2.45) is 12.0 Å². The highest BCUT2D eigenvalue weighted by molar-refractivity contribution is 14.0. The van der Waals surface area contributed by atoms with Crippen LogP contribution in [0.3, 0.4) is 0 Å². The van der Waals surface area contributed by atoms with Crippen molar-refractivity contribution in [2.45, 2.75) is 13.0 Å². The molecule has 25 heavy (non-hydrogen) atoms. The summed E-state index contributed by atoms with van der Waals surface area (Å²) in [6.45, 7) is 2.10. The first-order chi connectivity index (χ1) is 11.7. The zero-order valence-electron chi connectivity index (χ0n) is 14.9. The van der Waals surface area contributed by atoms with Crippen molar-refractivity contribution in [1.82, 2.24) is 20.4 Å². The minimum atomic E-state index is 0. The third-order valence-electron chi connectivity index (χ3n) is 3.52. The van der Waals surface area contributed by atoms with Crippen LogP contribution in [-0.4, -0.2) is 43.0 Å². The molecule has 1 aromatic carbocycles. The molecule has 0 aliphatic carbocycles. The standard InChI is InChI=1S/C17H25N5O2.HI/c1-18-17(20-13-14-9-11-21-22(14)2)19-10-4-12-24-16-7-5-15(23-3)6-8-16;/h5-9,11H,4,10,12-13H2,1-3H3,(H2,18,19,20);1H. The molecular weight excluding hydrogens is 433 g/mol. The number of aryl methyl sites for hydroxylation is 1. The van der Waals surface area contributed by atoms with E-state index in [-0.39, 0.29) is 24.0 Å². The van der Waals surface area contributed by atoms with Crippen molar-refractivity contribution in [3.63, 3.8) is 0 Å². The molecule has 0 fully saturated rings. The van der Waals surface area contributed by atoms with Crippen LogP contribution in [0.5, 0.6) is 11.5 Å². The van der Waals surface area contributed by atoms with E-state index < -0.39 is 0 Å². The summed E-state index contributed by atoms with van der Waals surface area (Å²) in [4.78, 5) is 4.20. The Morgan fingerprint density at radius 2 is 1.88 bits per heavy atom. The average Bonchev–Trinajstić information content (AvgIpc) is 3.03. The molecule has 2 rings (SSSR count). The van der Waals surface area contributed by atoms with Crippen LogP contribution in [0.1, 0.15) is 12.1 Å². The molecule has 0 bridgehead atoms. The SMILES string of the molecule is CN=C(NCCCOc1ccc(OC)cc1)NCc1ccnn1C.I. The van der Waals surface area contributed by atoms with E-state index in [9.17, 15) is 0 Å². The van der Waals surface area contributed by atoms with Gasteiger partial charge in [-0.1, -0.05) is 0 Å². The molecule has 0 saturated carbocycles. The molecule has 0 spiro atoms. The molecule has 0 atom stereocenters. The number of aliphatic imine (C=N–C) groups is 1. The summed E-state index contributed by atoms with van der Waals surface area (Å²) < 4.78 is 12.6. The topological polar surface area (TPSA) is 72.7 Å². The van der Waals surface area contributed by atoms with E-state index in [1.54, 1.807) is 20.4 Å². The predicted octanol–water partition coefficient (Wildman–Crippen LogP) is 2.18.